The molecule has 5 nitrogen and oxygen atoms in total. The number of rotatable bonds is 6. The van der Waals surface area contributed by atoms with E-state index in [1.165, 1.54) is 7.11 Å². The molecule has 0 saturated heterocycles. The van der Waals surface area contributed by atoms with Crippen molar-refractivity contribution in [2.24, 2.45) is 0 Å². The Balaban J connectivity index is 2.53. The number of methoxy groups -OCH3 is 2. The van der Waals surface area contributed by atoms with Gasteiger partial charge < -0.3 is 14.4 Å². The van der Waals surface area contributed by atoms with Crippen molar-refractivity contribution in [3.05, 3.63) is 29.8 Å². The summed E-state index contributed by atoms with van der Waals surface area (Å²) in [5.41, 5.74) is 0.569. The van der Waals surface area contributed by atoms with E-state index in [1.807, 2.05) is 0 Å². The molecule has 0 saturated carbocycles. The van der Waals surface area contributed by atoms with Crippen LogP contribution in [0.1, 0.15) is 23.2 Å². The first kappa shape index (κ1) is 15.0. The smallest absolute Gasteiger partial charge is 0.305 e. The Kier molecular flexibility index (Phi) is 5.85. The average molecular weight is 265 g/mol. The fraction of sp³-hybridized carbons (Fsp3) is 0.429. The molecular formula is C14H19NO4. The molecule has 0 bridgehead atoms. The average Bonchev–Trinajstić information content (AvgIpc) is 2.46. The van der Waals surface area contributed by atoms with Crippen molar-refractivity contribution < 1.29 is 19.1 Å². The van der Waals surface area contributed by atoms with Crippen molar-refractivity contribution in [1.82, 2.24) is 4.90 Å². The van der Waals surface area contributed by atoms with Gasteiger partial charge in [0.15, 0.2) is 0 Å². The van der Waals surface area contributed by atoms with Crippen LogP contribution >= 0.6 is 0 Å². The first-order valence-electron chi connectivity index (χ1n) is 6.04. The Morgan fingerprint density at radius 3 is 2.63 bits per heavy atom. The molecule has 0 aliphatic carbocycles. The summed E-state index contributed by atoms with van der Waals surface area (Å²) in [6.07, 6.45) is 0.894. The normalized spacial score (nSPS) is 9.84. The summed E-state index contributed by atoms with van der Waals surface area (Å²) < 4.78 is 9.63. The van der Waals surface area contributed by atoms with E-state index in [0.29, 0.717) is 30.7 Å². The number of amides is 1. The summed E-state index contributed by atoms with van der Waals surface area (Å²) in [5.74, 6) is 0.291. The summed E-state index contributed by atoms with van der Waals surface area (Å²) in [4.78, 5) is 24.7. The molecule has 0 radical (unpaired) electrons. The zero-order valence-corrected chi connectivity index (χ0v) is 11.5. The lowest BCUT2D eigenvalue weighted by Crippen LogP contribution is -2.28. The van der Waals surface area contributed by atoms with E-state index in [1.54, 1.807) is 43.3 Å². The molecule has 0 aliphatic rings. The standard InChI is InChI=1S/C14H19NO4/c1-15(9-5-8-13(16)19-3)14(17)11-6-4-7-12(10-11)18-2/h4,6-7,10H,5,8-9H2,1-3H3. The Hall–Kier alpha value is -2.04. The van der Waals surface area contributed by atoms with Gasteiger partial charge in [0.2, 0.25) is 0 Å². The SMILES string of the molecule is COC(=O)CCCN(C)C(=O)c1cccc(OC)c1. The molecule has 19 heavy (non-hydrogen) atoms. The van der Waals surface area contributed by atoms with Crippen molar-refractivity contribution >= 4 is 11.9 Å². The van der Waals surface area contributed by atoms with Crippen LogP contribution in [0.4, 0.5) is 0 Å². The van der Waals surface area contributed by atoms with E-state index < -0.39 is 0 Å². The number of nitrogens with zero attached hydrogens (tertiary/aromatic N) is 1. The molecule has 0 aromatic heterocycles. The fourth-order valence-corrected chi connectivity index (χ4v) is 1.64. The number of hydrogen-bond acceptors (Lipinski definition) is 4. The van der Waals surface area contributed by atoms with Gasteiger partial charge in [-0.25, -0.2) is 0 Å². The highest BCUT2D eigenvalue weighted by Gasteiger charge is 2.12. The van der Waals surface area contributed by atoms with Gasteiger partial charge in [0.05, 0.1) is 14.2 Å². The maximum atomic E-state index is 12.1. The van der Waals surface area contributed by atoms with E-state index in [-0.39, 0.29) is 11.9 Å². The maximum absolute atomic E-state index is 12.1. The van der Waals surface area contributed by atoms with Gasteiger partial charge in [0.1, 0.15) is 5.75 Å². The monoisotopic (exact) mass is 265 g/mol. The molecule has 104 valence electrons. The van der Waals surface area contributed by atoms with Gasteiger partial charge in [-0.3, -0.25) is 9.59 Å². The number of hydrogen-bond donors (Lipinski definition) is 0. The molecule has 0 heterocycles. The van der Waals surface area contributed by atoms with Crippen molar-refractivity contribution in [2.75, 3.05) is 27.8 Å². The van der Waals surface area contributed by atoms with Crippen LogP contribution < -0.4 is 4.74 Å². The molecule has 1 aromatic rings. The lowest BCUT2D eigenvalue weighted by atomic mass is 10.2. The minimum Gasteiger partial charge on any atom is -0.497 e. The van der Waals surface area contributed by atoms with Crippen molar-refractivity contribution in [3.8, 4) is 5.75 Å². The van der Waals surface area contributed by atoms with Crippen LogP contribution in [0, 0.1) is 0 Å². The van der Waals surface area contributed by atoms with Crippen LogP contribution in [-0.4, -0.2) is 44.6 Å². The molecule has 0 fully saturated rings. The van der Waals surface area contributed by atoms with E-state index in [9.17, 15) is 9.59 Å². The third-order valence-electron chi connectivity index (χ3n) is 2.77. The van der Waals surface area contributed by atoms with Gasteiger partial charge in [-0.15, -0.1) is 0 Å². The highest BCUT2D eigenvalue weighted by Crippen LogP contribution is 2.14. The minimum absolute atomic E-state index is 0.0937. The number of carbonyl (C=O) groups is 2. The quantitative estimate of drug-likeness (QED) is 0.735. The summed E-state index contributed by atoms with van der Waals surface area (Å²) in [6, 6.07) is 6.99. The molecule has 1 aromatic carbocycles. The molecule has 0 N–H and O–H groups in total. The number of esters is 1. The highest BCUT2D eigenvalue weighted by molar-refractivity contribution is 5.94. The summed E-state index contributed by atoms with van der Waals surface area (Å²) in [7, 11) is 4.62. The van der Waals surface area contributed by atoms with E-state index in [0.717, 1.165) is 0 Å². The van der Waals surface area contributed by atoms with Gasteiger partial charge >= 0.3 is 5.97 Å². The molecule has 0 spiro atoms. The molecule has 5 heteroatoms. The number of benzene rings is 1. The van der Waals surface area contributed by atoms with Crippen molar-refractivity contribution in [2.45, 2.75) is 12.8 Å². The van der Waals surface area contributed by atoms with Crippen LogP contribution in [-0.2, 0) is 9.53 Å². The topological polar surface area (TPSA) is 55.8 Å². The third kappa shape index (κ3) is 4.62. The van der Waals surface area contributed by atoms with Crippen LogP contribution in [0.3, 0.4) is 0 Å². The lowest BCUT2D eigenvalue weighted by Gasteiger charge is -2.17. The Morgan fingerprint density at radius 2 is 2.00 bits per heavy atom. The maximum Gasteiger partial charge on any atom is 0.305 e. The summed E-state index contributed by atoms with van der Waals surface area (Å²) in [6.45, 7) is 0.505. The summed E-state index contributed by atoms with van der Waals surface area (Å²) in [5, 5.41) is 0. The van der Waals surface area contributed by atoms with Crippen molar-refractivity contribution in [1.29, 1.82) is 0 Å². The van der Waals surface area contributed by atoms with Gasteiger partial charge in [0.25, 0.3) is 5.91 Å². The number of carbonyl (C=O) groups excluding carboxylic acids is 2. The van der Waals surface area contributed by atoms with Crippen LogP contribution in [0.15, 0.2) is 24.3 Å². The molecule has 0 aliphatic heterocycles. The highest BCUT2D eigenvalue weighted by atomic mass is 16.5. The Labute approximate surface area is 113 Å². The predicted octanol–water partition coefficient (Wildman–Crippen LogP) is 1.72. The first-order chi connectivity index (χ1) is 9.08. The van der Waals surface area contributed by atoms with E-state index >= 15 is 0 Å². The van der Waals surface area contributed by atoms with Gasteiger partial charge in [-0.1, -0.05) is 6.07 Å². The van der Waals surface area contributed by atoms with Gasteiger partial charge in [-0.05, 0) is 24.6 Å². The van der Waals surface area contributed by atoms with E-state index in [2.05, 4.69) is 4.74 Å². The second kappa shape index (κ2) is 7.41. The third-order valence-corrected chi connectivity index (χ3v) is 2.77. The molecule has 0 unspecified atom stereocenters. The molecule has 0 atom stereocenters. The van der Waals surface area contributed by atoms with Crippen LogP contribution in [0.2, 0.25) is 0 Å². The Bertz CT molecular complexity index is 445. The van der Waals surface area contributed by atoms with E-state index in [4.69, 9.17) is 4.74 Å². The second-order valence-electron chi connectivity index (χ2n) is 4.14. The zero-order valence-electron chi connectivity index (χ0n) is 11.5. The minimum atomic E-state index is -0.262. The predicted molar refractivity (Wildman–Crippen MR) is 71.2 cm³/mol. The van der Waals surface area contributed by atoms with Crippen molar-refractivity contribution in [3.63, 3.8) is 0 Å². The first-order valence-corrected chi connectivity index (χ1v) is 6.04. The van der Waals surface area contributed by atoms with Crippen LogP contribution in [0.5, 0.6) is 5.75 Å². The molecule has 1 amide bonds. The van der Waals surface area contributed by atoms with Gasteiger partial charge in [-0.2, -0.15) is 0 Å². The fourth-order valence-electron chi connectivity index (χ4n) is 1.64. The Morgan fingerprint density at radius 1 is 1.26 bits per heavy atom. The molecular weight excluding hydrogens is 246 g/mol. The number of ether oxygens (including phenoxy) is 2. The largest absolute Gasteiger partial charge is 0.497 e. The van der Waals surface area contributed by atoms with Crippen LogP contribution in [0.25, 0.3) is 0 Å². The lowest BCUT2D eigenvalue weighted by molar-refractivity contribution is -0.140. The van der Waals surface area contributed by atoms with Gasteiger partial charge in [0, 0.05) is 25.6 Å². The zero-order chi connectivity index (χ0) is 14.3. The molecule has 1 rings (SSSR count). The summed E-state index contributed by atoms with van der Waals surface area (Å²) >= 11 is 0. The second-order valence-corrected chi connectivity index (χ2v) is 4.14.